The third-order valence-corrected chi connectivity index (χ3v) is 4.29. The molecular formula is C20H20N2O3. The standard InChI is InChI=1S/C20H20N2O3/c1-3-13(4-2)18(23)21-15-11-9-14(10-12-15)19-22-17-8-6-5-7-16(17)20(24)25-19/h5-13H,3-4H2,1-2H3,(H,21,23). The van der Waals surface area contributed by atoms with Crippen LogP contribution in [0.5, 0.6) is 0 Å². The summed E-state index contributed by atoms with van der Waals surface area (Å²) in [6.07, 6.45) is 1.62. The van der Waals surface area contributed by atoms with Gasteiger partial charge in [0.15, 0.2) is 0 Å². The van der Waals surface area contributed by atoms with E-state index in [4.69, 9.17) is 4.42 Å². The predicted molar refractivity (Wildman–Crippen MR) is 98.4 cm³/mol. The van der Waals surface area contributed by atoms with Gasteiger partial charge in [-0.1, -0.05) is 26.0 Å². The Morgan fingerprint density at radius 1 is 1.08 bits per heavy atom. The van der Waals surface area contributed by atoms with Gasteiger partial charge in [-0.05, 0) is 49.2 Å². The molecule has 1 aromatic heterocycles. The maximum absolute atomic E-state index is 12.1. The van der Waals surface area contributed by atoms with Crippen LogP contribution in [0.3, 0.4) is 0 Å². The van der Waals surface area contributed by atoms with Crippen LogP contribution in [0.1, 0.15) is 26.7 Å². The molecule has 0 unspecified atom stereocenters. The first-order valence-corrected chi connectivity index (χ1v) is 8.43. The molecule has 0 radical (unpaired) electrons. The van der Waals surface area contributed by atoms with Gasteiger partial charge in [0.2, 0.25) is 11.8 Å². The third-order valence-electron chi connectivity index (χ3n) is 4.29. The van der Waals surface area contributed by atoms with Crippen molar-refractivity contribution in [3.8, 4) is 11.5 Å². The van der Waals surface area contributed by atoms with E-state index >= 15 is 0 Å². The van der Waals surface area contributed by atoms with Crippen molar-refractivity contribution >= 4 is 22.5 Å². The fourth-order valence-electron chi connectivity index (χ4n) is 2.74. The van der Waals surface area contributed by atoms with E-state index < -0.39 is 5.63 Å². The Morgan fingerprint density at radius 3 is 2.44 bits per heavy atom. The van der Waals surface area contributed by atoms with Gasteiger partial charge in [-0.2, -0.15) is 0 Å². The lowest BCUT2D eigenvalue weighted by Crippen LogP contribution is -2.21. The lowest BCUT2D eigenvalue weighted by atomic mass is 10.0. The van der Waals surface area contributed by atoms with Gasteiger partial charge in [-0.15, -0.1) is 0 Å². The first-order chi connectivity index (χ1) is 12.1. The lowest BCUT2D eigenvalue weighted by Gasteiger charge is -2.12. The fourth-order valence-corrected chi connectivity index (χ4v) is 2.74. The predicted octanol–water partition coefficient (Wildman–Crippen LogP) is 4.23. The number of carbonyl (C=O) groups is 1. The summed E-state index contributed by atoms with van der Waals surface area (Å²) < 4.78 is 5.32. The Balaban J connectivity index is 1.85. The van der Waals surface area contributed by atoms with E-state index in [2.05, 4.69) is 10.3 Å². The van der Waals surface area contributed by atoms with Crippen molar-refractivity contribution in [1.29, 1.82) is 0 Å². The average Bonchev–Trinajstić information content (AvgIpc) is 2.63. The lowest BCUT2D eigenvalue weighted by molar-refractivity contribution is -0.120. The van der Waals surface area contributed by atoms with Crippen LogP contribution < -0.4 is 10.9 Å². The summed E-state index contributed by atoms with van der Waals surface area (Å²) in [5.74, 6) is 0.300. The molecule has 0 spiro atoms. The van der Waals surface area contributed by atoms with E-state index in [-0.39, 0.29) is 17.7 Å². The minimum atomic E-state index is -0.410. The summed E-state index contributed by atoms with van der Waals surface area (Å²) in [7, 11) is 0. The molecule has 1 heterocycles. The summed E-state index contributed by atoms with van der Waals surface area (Å²) >= 11 is 0. The monoisotopic (exact) mass is 336 g/mol. The number of anilines is 1. The van der Waals surface area contributed by atoms with E-state index in [1.807, 2.05) is 19.9 Å². The third kappa shape index (κ3) is 3.60. The zero-order valence-corrected chi connectivity index (χ0v) is 14.3. The molecule has 0 aliphatic rings. The van der Waals surface area contributed by atoms with Gasteiger partial charge >= 0.3 is 5.63 Å². The van der Waals surface area contributed by atoms with E-state index in [9.17, 15) is 9.59 Å². The van der Waals surface area contributed by atoms with Crippen LogP contribution in [0, 0.1) is 5.92 Å². The number of nitrogens with zero attached hydrogens (tertiary/aromatic N) is 1. The number of amides is 1. The van der Waals surface area contributed by atoms with Crippen LogP contribution in [-0.4, -0.2) is 10.9 Å². The smallest absolute Gasteiger partial charge is 0.347 e. The van der Waals surface area contributed by atoms with E-state index in [1.165, 1.54) is 0 Å². The fraction of sp³-hybridized carbons (Fsp3) is 0.250. The Bertz CT molecular complexity index is 941. The van der Waals surface area contributed by atoms with Gasteiger partial charge in [0, 0.05) is 17.2 Å². The van der Waals surface area contributed by atoms with Gasteiger partial charge in [0.05, 0.1) is 10.9 Å². The van der Waals surface area contributed by atoms with Crippen molar-refractivity contribution < 1.29 is 9.21 Å². The van der Waals surface area contributed by atoms with E-state index in [0.29, 0.717) is 22.2 Å². The average molecular weight is 336 g/mol. The zero-order chi connectivity index (χ0) is 17.8. The molecule has 1 amide bonds. The molecule has 0 fully saturated rings. The quantitative estimate of drug-likeness (QED) is 0.757. The largest absolute Gasteiger partial charge is 0.403 e. The van der Waals surface area contributed by atoms with E-state index in [0.717, 1.165) is 12.8 Å². The van der Waals surface area contributed by atoms with Crippen molar-refractivity contribution in [3.63, 3.8) is 0 Å². The second kappa shape index (κ2) is 7.30. The zero-order valence-electron chi connectivity index (χ0n) is 14.3. The molecule has 128 valence electrons. The summed E-state index contributed by atoms with van der Waals surface area (Å²) in [6.45, 7) is 4.01. The van der Waals surface area contributed by atoms with Crippen LogP contribution in [0.4, 0.5) is 5.69 Å². The van der Waals surface area contributed by atoms with Gasteiger partial charge in [-0.3, -0.25) is 4.79 Å². The van der Waals surface area contributed by atoms with Crippen molar-refractivity contribution in [1.82, 2.24) is 4.98 Å². The van der Waals surface area contributed by atoms with Crippen molar-refractivity contribution in [2.45, 2.75) is 26.7 Å². The van der Waals surface area contributed by atoms with Gasteiger partial charge in [-0.25, -0.2) is 9.78 Å². The van der Waals surface area contributed by atoms with Crippen molar-refractivity contribution in [2.75, 3.05) is 5.32 Å². The molecule has 0 saturated heterocycles. The SMILES string of the molecule is CCC(CC)C(=O)Nc1ccc(-c2nc3ccccc3c(=O)o2)cc1. The van der Waals surface area contributed by atoms with E-state index in [1.54, 1.807) is 42.5 Å². The molecule has 5 nitrogen and oxygen atoms in total. The summed E-state index contributed by atoms with van der Waals surface area (Å²) in [4.78, 5) is 28.6. The van der Waals surface area contributed by atoms with Crippen LogP contribution >= 0.6 is 0 Å². The molecule has 0 bridgehead atoms. The van der Waals surface area contributed by atoms with Crippen molar-refractivity contribution in [3.05, 3.63) is 59.0 Å². The molecule has 0 aliphatic carbocycles. The Kier molecular flexibility index (Phi) is 4.93. The minimum absolute atomic E-state index is 0.0138. The molecule has 1 N–H and O–H groups in total. The molecule has 0 saturated carbocycles. The number of aromatic nitrogens is 1. The molecule has 0 atom stereocenters. The molecule has 0 aliphatic heterocycles. The highest BCUT2D eigenvalue weighted by Gasteiger charge is 2.14. The number of nitrogens with one attached hydrogen (secondary N) is 1. The molecule has 5 heteroatoms. The number of carbonyl (C=O) groups excluding carboxylic acids is 1. The summed E-state index contributed by atoms with van der Waals surface area (Å²) in [6, 6.07) is 14.2. The number of rotatable bonds is 5. The maximum atomic E-state index is 12.1. The van der Waals surface area contributed by atoms with Gasteiger partial charge in [0.25, 0.3) is 0 Å². The van der Waals surface area contributed by atoms with Crippen LogP contribution in [0.2, 0.25) is 0 Å². The van der Waals surface area contributed by atoms with Gasteiger partial charge in [0.1, 0.15) is 0 Å². The Labute approximate surface area is 145 Å². The molecule has 25 heavy (non-hydrogen) atoms. The number of para-hydroxylation sites is 1. The first-order valence-electron chi connectivity index (χ1n) is 8.43. The normalized spacial score (nSPS) is 11.0. The summed E-state index contributed by atoms with van der Waals surface area (Å²) in [5.41, 5.74) is 1.58. The minimum Gasteiger partial charge on any atom is -0.403 e. The topological polar surface area (TPSA) is 72.2 Å². The highest BCUT2D eigenvalue weighted by atomic mass is 16.4. The number of fused-ring (bicyclic) bond motifs is 1. The molecule has 2 aromatic carbocycles. The van der Waals surface area contributed by atoms with Crippen LogP contribution in [0.25, 0.3) is 22.4 Å². The van der Waals surface area contributed by atoms with Crippen LogP contribution in [0.15, 0.2) is 57.7 Å². The number of hydrogen-bond acceptors (Lipinski definition) is 4. The molecular weight excluding hydrogens is 316 g/mol. The summed E-state index contributed by atoms with van der Waals surface area (Å²) in [5, 5.41) is 3.37. The van der Waals surface area contributed by atoms with Crippen molar-refractivity contribution in [2.24, 2.45) is 5.92 Å². The molecule has 3 rings (SSSR count). The maximum Gasteiger partial charge on any atom is 0.347 e. The highest BCUT2D eigenvalue weighted by molar-refractivity contribution is 5.92. The van der Waals surface area contributed by atoms with Gasteiger partial charge < -0.3 is 9.73 Å². The second-order valence-corrected chi connectivity index (χ2v) is 5.90. The number of benzene rings is 2. The number of hydrogen-bond donors (Lipinski definition) is 1. The first kappa shape index (κ1) is 16.9. The highest BCUT2D eigenvalue weighted by Crippen LogP contribution is 2.21. The Hall–Kier alpha value is -2.95. The second-order valence-electron chi connectivity index (χ2n) is 5.90. The Morgan fingerprint density at radius 2 is 1.76 bits per heavy atom. The van der Waals surface area contributed by atoms with Crippen LogP contribution in [-0.2, 0) is 4.79 Å². The molecule has 3 aromatic rings.